The van der Waals surface area contributed by atoms with Crippen molar-refractivity contribution in [3.05, 3.63) is 0 Å². The van der Waals surface area contributed by atoms with Crippen LogP contribution in [0.2, 0.25) is 0 Å². The van der Waals surface area contributed by atoms with Crippen molar-refractivity contribution in [1.29, 1.82) is 0 Å². The fourth-order valence-corrected chi connectivity index (χ4v) is 0.696. The van der Waals surface area contributed by atoms with E-state index in [0.717, 1.165) is 0 Å². The second kappa shape index (κ2) is 5.58. The van der Waals surface area contributed by atoms with E-state index >= 15 is 0 Å². The number of rotatable bonds is 5. The van der Waals surface area contributed by atoms with Gasteiger partial charge in [-0.3, -0.25) is 4.79 Å². The first-order valence-electron chi connectivity index (χ1n) is 3.13. The SMILES string of the molecule is O=C([O-])CC(O)(CC(=O)O)C(=O)[O-].[Fe]. The summed E-state index contributed by atoms with van der Waals surface area (Å²) in [5.74, 6) is -5.67. The maximum atomic E-state index is 10.2. The predicted molar refractivity (Wildman–Crippen MR) is 31.8 cm³/mol. The van der Waals surface area contributed by atoms with E-state index in [1.807, 2.05) is 0 Å². The quantitative estimate of drug-likeness (QED) is 0.472. The third kappa shape index (κ3) is 4.80. The van der Waals surface area contributed by atoms with E-state index in [0.29, 0.717) is 0 Å². The Balaban J connectivity index is 0. The summed E-state index contributed by atoms with van der Waals surface area (Å²) in [6, 6.07) is 0. The topological polar surface area (TPSA) is 138 Å². The largest absolute Gasteiger partial charge is 0.550 e. The van der Waals surface area contributed by atoms with Crippen LogP contribution < -0.4 is 10.2 Å². The van der Waals surface area contributed by atoms with Crippen LogP contribution >= 0.6 is 0 Å². The Kier molecular flexibility index (Phi) is 6.13. The number of hydrogen-bond donors (Lipinski definition) is 2. The first kappa shape index (κ1) is 15.4. The Labute approximate surface area is 88.8 Å². The first-order valence-corrected chi connectivity index (χ1v) is 3.13. The van der Waals surface area contributed by atoms with Crippen molar-refractivity contribution in [2.45, 2.75) is 18.4 Å². The van der Waals surface area contributed by atoms with Crippen LogP contribution in [0.3, 0.4) is 0 Å². The van der Waals surface area contributed by atoms with Crippen molar-refractivity contribution in [3.8, 4) is 0 Å². The van der Waals surface area contributed by atoms with E-state index in [1.54, 1.807) is 0 Å². The minimum Gasteiger partial charge on any atom is -0.550 e. The van der Waals surface area contributed by atoms with Crippen molar-refractivity contribution in [2.24, 2.45) is 0 Å². The van der Waals surface area contributed by atoms with Crippen LogP contribution in [0.4, 0.5) is 0 Å². The summed E-state index contributed by atoms with van der Waals surface area (Å²) >= 11 is 0. The molecular weight excluding hydrogens is 240 g/mol. The summed E-state index contributed by atoms with van der Waals surface area (Å²) in [4.78, 5) is 30.2. The van der Waals surface area contributed by atoms with Gasteiger partial charge in [-0.25, -0.2) is 0 Å². The molecule has 14 heavy (non-hydrogen) atoms. The average Bonchev–Trinajstić information content (AvgIpc) is 1.82. The van der Waals surface area contributed by atoms with Crippen LogP contribution in [0, 0.1) is 0 Å². The minimum atomic E-state index is -2.91. The molecule has 7 nitrogen and oxygen atoms in total. The third-order valence-corrected chi connectivity index (χ3v) is 1.26. The molecule has 0 fully saturated rings. The molecule has 0 aliphatic carbocycles. The van der Waals surface area contributed by atoms with E-state index in [-0.39, 0.29) is 17.1 Å². The van der Waals surface area contributed by atoms with Crippen molar-refractivity contribution < 1.29 is 51.9 Å². The van der Waals surface area contributed by atoms with Gasteiger partial charge in [0.1, 0.15) is 5.60 Å². The van der Waals surface area contributed by atoms with Gasteiger partial charge in [-0.05, 0) is 0 Å². The monoisotopic (exact) mass is 246 g/mol. The predicted octanol–water partition coefficient (Wildman–Crippen LogP) is -3.92. The summed E-state index contributed by atoms with van der Waals surface area (Å²) in [5, 5.41) is 37.2. The molecule has 0 radical (unpaired) electrons. The molecule has 8 heteroatoms. The number of carboxylic acids is 3. The van der Waals surface area contributed by atoms with E-state index in [1.165, 1.54) is 0 Å². The Morgan fingerprint density at radius 3 is 1.79 bits per heavy atom. The van der Waals surface area contributed by atoms with Gasteiger partial charge in [-0.2, -0.15) is 0 Å². The molecule has 82 valence electrons. The number of carbonyl (C=O) groups excluding carboxylic acids is 2. The van der Waals surface area contributed by atoms with E-state index < -0.39 is 36.4 Å². The van der Waals surface area contributed by atoms with Gasteiger partial charge in [-0.15, -0.1) is 0 Å². The second-order valence-corrected chi connectivity index (χ2v) is 2.44. The molecule has 0 bridgehead atoms. The van der Waals surface area contributed by atoms with Gasteiger partial charge >= 0.3 is 5.97 Å². The Morgan fingerprint density at radius 1 is 1.14 bits per heavy atom. The molecule has 0 aromatic carbocycles. The summed E-state index contributed by atoms with van der Waals surface area (Å²) < 4.78 is 0. The summed E-state index contributed by atoms with van der Waals surface area (Å²) in [6.45, 7) is 0. The molecule has 0 amide bonds. The summed E-state index contributed by atoms with van der Waals surface area (Å²) in [5.41, 5.74) is -2.91. The van der Waals surface area contributed by atoms with Crippen LogP contribution in [0.15, 0.2) is 0 Å². The standard InChI is InChI=1S/C6H8O7.Fe/c7-3(8)1-6(13,5(11)12)2-4(9)10;/h13H,1-2H2,(H,7,8)(H,9,10)(H,11,12);/p-2. The fraction of sp³-hybridized carbons (Fsp3) is 0.500. The van der Waals surface area contributed by atoms with E-state index in [2.05, 4.69) is 0 Å². The normalized spacial score (nSPS) is 13.5. The first-order chi connectivity index (χ1) is 5.78. The van der Waals surface area contributed by atoms with Crippen LogP contribution in [0.1, 0.15) is 12.8 Å². The minimum absolute atomic E-state index is 0. The third-order valence-electron chi connectivity index (χ3n) is 1.26. The Morgan fingerprint density at radius 2 is 1.57 bits per heavy atom. The smallest absolute Gasteiger partial charge is 0.306 e. The van der Waals surface area contributed by atoms with Gasteiger partial charge in [0.25, 0.3) is 0 Å². The van der Waals surface area contributed by atoms with Crippen molar-refractivity contribution in [2.75, 3.05) is 0 Å². The van der Waals surface area contributed by atoms with Crippen LogP contribution in [-0.2, 0) is 31.5 Å². The summed E-state index contributed by atoms with van der Waals surface area (Å²) in [7, 11) is 0. The molecule has 0 saturated carbocycles. The van der Waals surface area contributed by atoms with Gasteiger partial charge < -0.3 is 30.0 Å². The summed E-state index contributed by atoms with van der Waals surface area (Å²) in [6.07, 6.45) is -2.56. The molecule has 0 aliphatic rings. The second-order valence-electron chi connectivity index (χ2n) is 2.44. The van der Waals surface area contributed by atoms with Crippen LogP contribution in [-0.4, -0.2) is 33.7 Å². The molecule has 0 heterocycles. The number of carbonyl (C=O) groups is 3. The number of hydrogen-bond acceptors (Lipinski definition) is 6. The molecule has 0 rings (SSSR count). The molecule has 0 aliphatic heterocycles. The van der Waals surface area contributed by atoms with Crippen molar-refractivity contribution >= 4 is 17.9 Å². The van der Waals surface area contributed by atoms with Gasteiger partial charge in [0.2, 0.25) is 0 Å². The Bertz CT molecular complexity index is 233. The van der Waals surface area contributed by atoms with Crippen molar-refractivity contribution in [3.63, 3.8) is 0 Å². The molecule has 0 aromatic rings. The average molecular weight is 246 g/mol. The zero-order valence-corrected chi connectivity index (χ0v) is 7.81. The zero-order chi connectivity index (χ0) is 10.6. The van der Waals surface area contributed by atoms with Gasteiger partial charge in [0.05, 0.1) is 12.4 Å². The molecule has 0 saturated heterocycles. The van der Waals surface area contributed by atoms with Crippen LogP contribution in [0.5, 0.6) is 0 Å². The van der Waals surface area contributed by atoms with E-state index in [9.17, 15) is 24.6 Å². The maximum absolute atomic E-state index is 10.2. The Hall–Kier alpha value is -1.11. The number of carboxylic acid groups (broad SMARTS) is 3. The van der Waals surface area contributed by atoms with E-state index in [4.69, 9.17) is 10.2 Å². The molecular formula is C6H6FeO7-2. The number of aliphatic carboxylic acids is 3. The molecule has 1 unspecified atom stereocenters. The molecule has 1 atom stereocenters. The molecule has 2 N–H and O–H groups in total. The number of aliphatic hydroxyl groups is 1. The van der Waals surface area contributed by atoms with Gasteiger partial charge in [0, 0.05) is 29.5 Å². The van der Waals surface area contributed by atoms with Crippen LogP contribution in [0.25, 0.3) is 0 Å². The molecule has 0 spiro atoms. The van der Waals surface area contributed by atoms with Crippen molar-refractivity contribution in [1.82, 2.24) is 0 Å². The molecule has 0 aromatic heterocycles. The maximum Gasteiger partial charge on any atom is 0.306 e. The zero-order valence-electron chi connectivity index (χ0n) is 6.70. The van der Waals surface area contributed by atoms with Gasteiger partial charge in [0.15, 0.2) is 0 Å². The fourth-order valence-electron chi connectivity index (χ4n) is 0.696. The van der Waals surface area contributed by atoms with Gasteiger partial charge in [-0.1, -0.05) is 0 Å².